The normalized spacial score (nSPS) is 12.1. The quantitative estimate of drug-likeness (QED) is 0.724. The Balaban J connectivity index is 3.06. The average Bonchev–Trinajstić information content (AvgIpc) is 2.08. The molecule has 2 nitrogen and oxygen atoms in total. The van der Waals surface area contributed by atoms with Crippen molar-refractivity contribution in [2.45, 2.75) is 12.8 Å². The fourth-order valence-corrected chi connectivity index (χ4v) is 1.06. The number of hydrogen-bond donors (Lipinski definition) is 1. The molecule has 12 heavy (non-hydrogen) atoms. The minimum atomic E-state index is -0.192. The number of nitrogens with zero attached hydrogens (tertiary/aromatic N) is 1. The van der Waals surface area contributed by atoms with Crippen LogP contribution in [0.15, 0.2) is 18.2 Å². The van der Waals surface area contributed by atoms with Crippen LogP contribution in [0.2, 0.25) is 5.02 Å². The van der Waals surface area contributed by atoms with Crippen molar-refractivity contribution in [2.75, 3.05) is 0 Å². The van der Waals surface area contributed by atoms with Gasteiger partial charge in [0.05, 0.1) is 17.0 Å². The van der Waals surface area contributed by atoms with E-state index in [0.717, 1.165) is 5.56 Å². The highest BCUT2D eigenvalue weighted by Gasteiger charge is 2.05. The number of benzene rings is 1. The van der Waals surface area contributed by atoms with Gasteiger partial charge in [-0.2, -0.15) is 5.26 Å². The van der Waals surface area contributed by atoms with E-state index in [-0.39, 0.29) is 16.7 Å². The monoisotopic (exact) mass is 181 g/mol. The Bertz CT molecular complexity index is 330. The molecule has 0 aromatic heterocycles. The van der Waals surface area contributed by atoms with Crippen LogP contribution in [0.3, 0.4) is 0 Å². The second-order valence-corrected chi connectivity index (χ2v) is 2.97. The van der Waals surface area contributed by atoms with Gasteiger partial charge in [0, 0.05) is 0 Å². The van der Waals surface area contributed by atoms with Crippen molar-refractivity contribution >= 4 is 11.6 Å². The highest BCUT2D eigenvalue weighted by molar-refractivity contribution is 6.32. The van der Waals surface area contributed by atoms with E-state index in [9.17, 15) is 0 Å². The van der Waals surface area contributed by atoms with Crippen LogP contribution < -0.4 is 0 Å². The molecule has 0 saturated heterocycles. The molecule has 3 heteroatoms. The first-order valence-corrected chi connectivity index (χ1v) is 3.91. The van der Waals surface area contributed by atoms with Crippen LogP contribution in [0.1, 0.15) is 18.4 Å². The van der Waals surface area contributed by atoms with Crippen molar-refractivity contribution in [3.05, 3.63) is 28.8 Å². The van der Waals surface area contributed by atoms with E-state index in [2.05, 4.69) is 6.07 Å². The number of rotatable bonds is 1. The minimum absolute atomic E-state index is 0.0468. The Morgan fingerprint density at radius 3 is 2.75 bits per heavy atom. The predicted molar refractivity (Wildman–Crippen MR) is 47.1 cm³/mol. The molecular weight excluding hydrogens is 174 g/mol. The summed E-state index contributed by atoms with van der Waals surface area (Å²) in [4.78, 5) is 0. The summed E-state index contributed by atoms with van der Waals surface area (Å²) in [5, 5.41) is 18.0. The number of halogens is 1. The van der Waals surface area contributed by atoms with Crippen molar-refractivity contribution in [1.29, 1.82) is 5.26 Å². The average molecular weight is 182 g/mol. The molecule has 0 saturated carbocycles. The lowest BCUT2D eigenvalue weighted by atomic mass is 10.0. The van der Waals surface area contributed by atoms with E-state index < -0.39 is 0 Å². The van der Waals surface area contributed by atoms with Gasteiger partial charge in [-0.05, 0) is 24.6 Å². The molecule has 1 rings (SSSR count). The van der Waals surface area contributed by atoms with Gasteiger partial charge < -0.3 is 5.11 Å². The van der Waals surface area contributed by atoms with Crippen LogP contribution in [0.4, 0.5) is 0 Å². The van der Waals surface area contributed by atoms with Gasteiger partial charge in [-0.25, -0.2) is 0 Å². The highest BCUT2D eigenvalue weighted by atomic mass is 35.5. The molecule has 62 valence electrons. The molecular formula is C9H8ClNO. The Morgan fingerprint density at radius 1 is 1.58 bits per heavy atom. The molecule has 0 radical (unpaired) electrons. The topological polar surface area (TPSA) is 44.0 Å². The van der Waals surface area contributed by atoms with Crippen molar-refractivity contribution in [1.82, 2.24) is 0 Å². The van der Waals surface area contributed by atoms with Gasteiger partial charge in [-0.3, -0.25) is 0 Å². The lowest BCUT2D eigenvalue weighted by Crippen LogP contribution is -1.88. The minimum Gasteiger partial charge on any atom is -0.506 e. The smallest absolute Gasteiger partial charge is 0.134 e. The Morgan fingerprint density at radius 2 is 2.25 bits per heavy atom. The molecule has 0 spiro atoms. The number of hydrogen-bond acceptors (Lipinski definition) is 2. The van der Waals surface area contributed by atoms with Gasteiger partial charge in [0.15, 0.2) is 0 Å². The second-order valence-electron chi connectivity index (χ2n) is 2.56. The van der Waals surface area contributed by atoms with Crippen molar-refractivity contribution in [2.24, 2.45) is 0 Å². The van der Waals surface area contributed by atoms with E-state index in [1.165, 1.54) is 6.07 Å². The lowest BCUT2D eigenvalue weighted by Gasteiger charge is -2.03. The maximum absolute atomic E-state index is 9.08. The molecule has 1 aromatic rings. The van der Waals surface area contributed by atoms with Gasteiger partial charge in [0.25, 0.3) is 0 Å². The molecule has 0 bridgehead atoms. The summed E-state index contributed by atoms with van der Waals surface area (Å²) >= 11 is 5.66. The molecule has 0 fully saturated rings. The number of phenols is 1. The van der Waals surface area contributed by atoms with Gasteiger partial charge >= 0.3 is 0 Å². The Kier molecular flexibility index (Phi) is 2.57. The molecule has 0 heterocycles. The number of aromatic hydroxyl groups is 1. The van der Waals surface area contributed by atoms with E-state index in [4.69, 9.17) is 22.0 Å². The van der Waals surface area contributed by atoms with Crippen LogP contribution >= 0.6 is 11.6 Å². The first kappa shape index (κ1) is 8.89. The molecule has 1 N–H and O–H groups in total. The lowest BCUT2D eigenvalue weighted by molar-refractivity contribution is 0.475. The zero-order chi connectivity index (χ0) is 9.14. The van der Waals surface area contributed by atoms with Crippen LogP contribution in [0.5, 0.6) is 5.75 Å². The summed E-state index contributed by atoms with van der Waals surface area (Å²) in [5.41, 5.74) is 0.820. The maximum Gasteiger partial charge on any atom is 0.134 e. The van der Waals surface area contributed by atoms with Crippen molar-refractivity contribution < 1.29 is 5.11 Å². The van der Waals surface area contributed by atoms with Crippen molar-refractivity contribution in [3.8, 4) is 11.8 Å². The van der Waals surface area contributed by atoms with Crippen LogP contribution in [0, 0.1) is 11.3 Å². The maximum atomic E-state index is 9.08. The van der Waals surface area contributed by atoms with E-state index in [1.54, 1.807) is 19.1 Å². The number of nitriles is 1. The first-order valence-electron chi connectivity index (χ1n) is 3.53. The summed E-state index contributed by atoms with van der Waals surface area (Å²) in [6.45, 7) is 1.78. The second kappa shape index (κ2) is 3.46. The molecule has 0 aliphatic heterocycles. The Labute approximate surface area is 76.0 Å². The number of phenolic OH excluding ortho intramolecular Hbond substituents is 1. The van der Waals surface area contributed by atoms with E-state index in [0.29, 0.717) is 0 Å². The van der Waals surface area contributed by atoms with Gasteiger partial charge in [0.2, 0.25) is 0 Å². The Hall–Kier alpha value is -1.20. The fraction of sp³-hybridized carbons (Fsp3) is 0.222. The molecule has 0 aliphatic carbocycles. The SMILES string of the molecule is CC(C#N)c1ccc(O)c(Cl)c1. The third kappa shape index (κ3) is 1.69. The molecule has 1 aromatic carbocycles. The predicted octanol–water partition coefficient (Wildman–Crippen LogP) is 2.67. The van der Waals surface area contributed by atoms with E-state index >= 15 is 0 Å². The summed E-state index contributed by atoms with van der Waals surface area (Å²) in [6.07, 6.45) is 0. The zero-order valence-electron chi connectivity index (χ0n) is 6.58. The van der Waals surface area contributed by atoms with Crippen LogP contribution in [-0.2, 0) is 0 Å². The standard InChI is InChI=1S/C9H8ClNO/c1-6(5-11)7-2-3-9(12)8(10)4-7/h2-4,6,12H,1H3. The highest BCUT2D eigenvalue weighted by Crippen LogP contribution is 2.26. The first-order chi connectivity index (χ1) is 5.65. The molecule has 0 aliphatic rings. The molecule has 1 unspecified atom stereocenters. The third-order valence-electron chi connectivity index (χ3n) is 1.67. The molecule has 0 amide bonds. The summed E-state index contributed by atoms with van der Waals surface area (Å²) < 4.78 is 0. The largest absolute Gasteiger partial charge is 0.506 e. The van der Waals surface area contributed by atoms with Gasteiger partial charge in [-0.15, -0.1) is 0 Å². The molecule has 1 atom stereocenters. The summed E-state index contributed by atoms with van der Waals surface area (Å²) in [5.74, 6) is -0.145. The fourth-order valence-electron chi connectivity index (χ4n) is 0.867. The van der Waals surface area contributed by atoms with Crippen LogP contribution in [-0.4, -0.2) is 5.11 Å². The van der Waals surface area contributed by atoms with Crippen LogP contribution in [0.25, 0.3) is 0 Å². The van der Waals surface area contributed by atoms with Gasteiger partial charge in [0.1, 0.15) is 5.75 Å². The van der Waals surface area contributed by atoms with Gasteiger partial charge in [-0.1, -0.05) is 17.7 Å². The van der Waals surface area contributed by atoms with E-state index in [1.807, 2.05) is 0 Å². The summed E-state index contributed by atoms with van der Waals surface area (Å²) in [6, 6.07) is 6.87. The van der Waals surface area contributed by atoms with Crippen molar-refractivity contribution in [3.63, 3.8) is 0 Å². The third-order valence-corrected chi connectivity index (χ3v) is 1.97. The summed E-state index contributed by atoms with van der Waals surface area (Å²) in [7, 11) is 0. The zero-order valence-corrected chi connectivity index (χ0v) is 7.34.